The second-order valence-corrected chi connectivity index (χ2v) is 7.86. The lowest BCUT2D eigenvalue weighted by Gasteiger charge is -2.22. The normalized spacial score (nSPS) is 18.0. The number of nitrogens with two attached hydrogens (primary N) is 1. The zero-order chi connectivity index (χ0) is 18.2. The van der Waals surface area contributed by atoms with Crippen LogP contribution in [0.1, 0.15) is 21.1 Å². The number of carbonyl (C=O) groups excluding carboxylic acids is 1. The van der Waals surface area contributed by atoms with Crippen LogP contribution in [0.3, 0.4) is 0 Å². The number of hydrogen-bond donors (Lipinski definition) is 1. The summed E-state index contributed by atoms with van der Waals surface area (Å²) in [7, 11) is 0. The molecule has 0 bridgehead atoms. The Kier molecular flexibility index (Phi) is 5.08. The molecule has 0 saturated carbocycles. The number of carbonyl (C=O) groups is 1. The van der Waals surface area contributed by atoms with Crippen LogP contribution >= 0.6 is 23.1 Å². The summed E-state index contributed by atoms with van der Waals surface area (Å²) >= 11 is 2.82. The highest BCUT2D eigenvalue weighted by atomic mass is 32.2. The average Bonchev–Trinajstić information content (AvgIpc) is 3.19. The number of alkyl halides is 3. The molecule has 2 heterocycles. The summed E-state index contributed by atoms with van der Waals surface area (Å²) in [5.41, 5.74) is 5.51. The molecule has 0 spiro atoms. The van der Waals surface area contributed by atoms with Crippen molar-refractivity contribution in [2.45, 2.75) is 19.1 Å². The van der Waals surface area contributed by atoms with Gasteiger partial charge in [0.15, 0.2) is 0 Å². The van der Waals surface area contributed by atoms with Gasteiger partial charge in [0.2, 0.25) is 0 Å². The topological polar surface area (TPSA) is 59.2 Å². The number of rotatable bonds is 3. The van der Waals surface area contributed by atoms with Gasteiger partial charge in [0, 0.05) is 12.3 Å². The van der Waals surface area contributed by atoms with Crippen LogP contribution in [0.4, 0.5) is 13.2 Å². The minimum absolute atomic E-state index is 0.0751. The van der Waals surface area contributed by atoms with Crippen LogP contribution in [0.2, 0.25) is 0 Å². The maximum atomic E-state index is 13.0. The number of hydrogen-bond acceptors (Lipinski definition) is 5. The third-order valence-corrected chi connectivity index (χ3v) is 6.00. The number of aryl methyl sites for hydroxylation is 1. The fourth-order valence-corrected chi connectivity index (χ4v) is 4.77. The largest absolute Gasteiger partial charge is 0.416 e. The number of benzene rings is 1. The molecule has 4 nitrogen and oxygen atoms in total. The molecule has 9 heteroatoms. The molecule has 0 unspecified atom stereocenters. The predicted molar refractivity (Wildman–Crippen MR) is 93.6 cm³/mol. The Hall–Kier alpha value is -1.58. The molecule has 1 fully saturated rings. The second-order valence-electron chi connectivity index (χ2n) is 5.65. The highest BCUT2D eigenvalue weighted by Crippen LogP contribution is 2.36. The van der Waals surface area contributed by atoms with Crippen molar-refractivity contribution >= 4 is 29.0 Å². The van der Waals surface area contributed by atoms with Gasteiger partial charge in [-0.25, -0.2) is 4.98 Å². The van der Waals surface area contributed by atoms with Crippen molar-refractivity contribution in [1.82, 2.24) is 9.88 Å². The van der Waals surface area contributed by atoms with Gasteiger partial charge in [0.1, 0.15) is 5.69 Å². The van der Waals surface area contributed by atoms with Crippen LogP contribution in [0.25, 0.3) is 10.4 Å². The van der Waals surface area contributed by atoms with Crippen molar-refractivity contribution in [3.63, 3.8) is 0 Å². The molecule has 1 saturated heterocycles. The van der Waals surface area contributed by atoms with E-state index in [-0.39, 0.29) is 17.6 Å². The molecule has 1 aromatic heterocycles. The van der Waals surface area contributed by atoms with E-state index in [2.05, 4.69) is 4.98 Å². The second kappa shape index (κ2) is 6.97. The van der Waals surface area contributed by atoms with E-state index < -0.39 is 11.7 Å². The first-order chi connectivity index (χ1) is 11.8. The van der Waals surface area contributed by atoms with Gasteiger partial charge in [-0.05, 0) is 24.6 Å². The van der Waals surface area contributed by atoms with Gasteiger partial charge in [0.05, 0.1) is 27.4 Å². The predicted octanol–water partition coefficient (Wildman–Crippen LogP) is 3.61. The average molecular weight is 387 g/mol. The number of aromatic nitrogens is 1. The fourth-order valence-electron chi connectivity index (χ4n) is 2.64. The minimum atomic E-state index is -4.43. The Morgan fingerprint density at radius 1 is 1.44 bits per heavy atom. The summed E-state index contributed by atoms with van der Waals surface area (Å²) in [6.07, 6.45) is -4.43. The fraction of sp³-hybridized carbons (Fsp3) is 0.375. The first kappa shape index (κ1) is 18.2. The molecule has 0 aliphatic carbocycles. The molecule has 1 aliphatic rings. The standard InChI is InChI=1S/C16H16F3N3OS2/c1-9-21-13(15(23)22-8-24-7-12(22)6-20)14(25-9)10-3-2-4-11(5-10)16(17,18)19/h2-5,12H,6-8,20H2,1H3/t12-/m1/s1. The summed E-state index contributed by atoms with van der Waals surface area (Å²) in [5, 5.41) is 0.631. The van der Waals surface area contributed by atoms with Gasteiger partial charge < -0.3 is 10.6 Å². The van der Waals surface area contributed by atoms with Crippen LogP contribution in [0, 0.1) is 6.92 Å². The Balaban J connectivity index is 2.01. The summed E-state index contributed by atoms with van der Waals surface area (Å²) in [6, 6.07) is 4.91. The van der Waals surface area contributed by atoms with Gasteiger partial charge in [-0.15, -0.1) is 23.1 Å². The molecule has 25 heavy (non-hydrogen) atoms. The van der Waals surface area contributed by atoms with Gasteiger partial charge in [-0.3, -0.25) is 4.79 Å². The monoisotopic (exact) mass is 387 g/mol. The SMILES string of the molecule is Cc1nc(C(=O)N2CSC[C@H]2CN)c(-c2cccc(C(F)(F)F)c2)s1. The Morgan fingerprint density at radius 3 is 2.88 bits per heavy atom. The third kappa shape index (κ3) is 3.68. The van der Waals surface area contributed by atoms with Crippen molar-refractivity contribution in [3.8, 4) is 10.4 Å². The van der Waals surface area contributed by atoms with Crippen molar-refractivity contribution in [1.29, 1.82) is 0 Å². The lowest BCUT2D eigenvalue weighted by Crippen LogP contribution is -2.41. The molecule has 3 rings (SSSR count). The van der Waals surface area contributed by atoms with Crippen LogP contribution < -0.4 is 5.73 Å². The van der Waals surface area contributed by atoms with Gasteiger partial charge >= 0.3 is 6.18 Å². The van der Waals surface area contributed by atoms with E-state index in [1.54, 1.807) is 29.7 Å². The molecule has 2 aromatic rings. The molecule has 1 aliphatic heterocycles. The van der Waals surface area contributed by atoms with E-state index in [1.807, 2.05) is 0 Å². The van der Waals surface area contributed by atoms with Crippen LogP contribution in [0.5, 0.6) is 0 Å². The summed E-state index contributed by atoms with van der Waals surface area (Å²) in [6.45, 7) is 2.08. The highest BCUT2D eigenvalue weighted by Gasteiger charge is 2.33. The van der Waals surface area contributed by atoms with Crippen LogP contribution in [-0.2, 0) is 6.18 Å². The van der Waals surface area contributed by atoms with Crippen LogP contribution in [0.15, 0.2) is 24.3 Å². The lowest BCUT2D eigenvalue weighted by atomic mass is 10.1. The quantitative estimate of drug-likeness (QED) is 0.874. The molecule has 134 valence electrons. The first-order valence-electron chi connectivity index (χ1n) is 7.55. The molecule has 1 aromatic carbocycles. The summed E-state index contributed by atoms with van der Waals surface area (Å²) < 4.78 is 39.0. The molecular formula is C16H16F3N3OS2. The Bertz CT molecular complexity index is 791. The zero-order valence-electron chi connectivity index (χ0n) is 13.3. The van der Waals surface area contributed by atoms with Crippen molar-refractivity contribution < 1.29 is 18.0 Å². The number of thioether (sulfide) groups is 1. The molecule has 2 N–H and O–H groups in total. The van der Waals surface area contributed by atoms with E-state index in [0.29, 0.717) is 27.9 Å². The number of amides is 1. The molecule has 1 amide bonds. The van der Waals surface area contributed by atoms with E-state index in [0.717, 1.165) is 17.9 Å². The molecular weight excluding hydrogens is 371 g/mol. The number of thiazole rings is 1. The van der Waals surface area contributed by atoms with Crippen molar-refractivity contribution in [2.75, 3.05) is 18.2 Å². The number of halogens is 3. The van der Waals surface area contributed by atoms with Gasteiger partial charge in [-0.2, -0.15) is 13.2 Å². The van der Waals surface area contributed by atoms with Gasteiger partial charge in [0.25, 0.3) is 5.91 Å². The third-order valence-electron chi connectivity index (χ3n) is 3.90. The molecule has 1 atom stereocenters. The maximum Gasteiger partial charge on any atom is 0.416 e. The van der Waals surface area contributed by atoms with Crippen molar-refractivity contribution in [2.24, 2.45) is 5.73 Å². The Morgan fingerprint density at radius 2 is 2.20 bits per heavy atom. The van der Waals surface area contributed by atoms with Gasteiger partial charge in [-0.1, -0.05) is 12.1 Å². The lowest BCUT2D eigenvalue weighted by molar-refractivity contribution is -0.137. The first-order valence-corrected chi connectivity index (χ1v) is 9.52. The Labute approximate surface area is 151 Å². The maximum absolute atomic E-state index is 13.0. The molecule has 0 radical (unpaired) electrons. The van der Waals surface area contributed by atoms with E-state index >= 15 is 0 Å². The zero-order valence-corrected chi connectivity index (χ0v) is 15.0. The van der Waals surface area contributed by atoms with E-state index in [4.69, 9.17) is 5.73 Å². The minimum Gasteiger partial charge on any atom is -0.328 e. The van der Waals surface area contributed by atoms with E-state index in [9.17, 15) is 18.0 Å². The summed E-state index contributed by atoms with van der Waals surface area (Å²) in [5.74, 6) is 0.987. The van der Waals surface area contributed by atoms with Crippen LogP contribution in [-0.4, -0.2) is 40.0 Å². The van der Waals surface area contributed by atoms with E-state index in [1.165, 1.54) is 17.4 Å². The smallest absolute Gasteiger partial charge is 0.328 e. The highest BCUT2D eigenvalue weighted by molar-refractivity contribution is 7.99. The summed E-state index contributed by atoms with van der Waals surface area (Å²) in [4.78, 5) is 19.3. The van der Waals surface area contributed by atoms with Crippen molar-refractivity contribution in [3.05, 3.63) is 40.5 Å². The number of nitrogens with zero attached hydrogens (tertiary/aromatic N) is 2.